The topological polar surface area (TPSA) is 17.1 Å². The number of halogens is 5. The molecule has 0 aliphatic heterocycles. The van der Waals surface area contributed by atoms with Crippen LogP contribution < -0.4 is 0 Å². The molecule has 2 aromatic carbocycles. The van der Waals surface area contributed by atoms with Gasteiger partial charge in [-0.3, -0.25) is 4.79 Å². The monoisotopic (exact) mass is 500 g/mol. The van der Waals surface area contributed by atoms with Crippen molar-refractivity contribution in [2.24, 2.45) is 0 Å². The third-order valence-corrected chi connectivity index (χ3v) is 4.40. The van der Waals surface area contributed by atoms with Gasteiger partial charge >= 0.3 is 0 Å². The average molecular weight is 502 g/mol. The van der Waals surface area contributed by atoms with Crippen LogP contribution in [0.2, 0.25) is 0 Å². The van der Waals surface area contributed by atoms with E-state index in [-0.39, 0.29) is 10.0 Å². The Morgan fingerprint density at radius 1 is 0.947 bits per heavy atom. The van der Waals surface area contributed by atoms with Crippen LogP contribution in [0, 0.1) is 15.2 Å². The summed E-state index contributed by atoms with van der Waals surface area (Å²) in [4.78, 5) is 12.2. The van der Waals surface area contributed by atoms with E-state index in [9.17, 15) is 13.6 Å². The molecule has 0 heterocycles. The van der Waals surface area contributed by atoms with Crippen LogP contribution in [0.5, 0.6) is 0 Å². The second-order valence-electron chi connectivity index (χ2n) is 3.70. The van der Waals surface area contributed by atoms with Crippen LogP contribution in [-0.2, 0) is 0 Å². The predicted molar refractivity (Wildman–Crippen MR) is 84.3 cm³/mol. The van der Waals surface area contributed by atoms with Crippen molar-refractivity contribution in [3.63, 3.8) is 0 Å². The van der Waals surface area contributed by atoms with Crippen molar-refractivity contribution < 1.29 is 13.6 Å². The molecular formula is C13H5Br2F2IO. The summed E-state index contributed by atoms with van der Waals surface area (Å²) in [6.45, 7) is 0. The zero-order valence-electron chi connectivity index (χ0n) is 9.18. The van der Waals surface area contributed by atoms with Crippen LogP contribution in [0.1, 0.15) is 15.9 Å². The number of carbonyl (C=O) groups excluding carboxylic acids is 1. The molecular weight excluding hydrogens is 497 g/mol. The van der Waals surface area contributed by atoms with E-state index in [0.717, 1.165) is 15.7 Å². The molecule has 0 atom stereocenters. The van der Waals surface area contributed by atoms with Crippen molar-refractivity contribution in [1.29, 1.82) is 0 Å². The number of hydrogen-bond acceptors (Lipinski definition) is 1. The van der Waals surface area contributed by atoms with Crippen LogP contribution >= 0.6 is 54.5 Å². The van der Waals surface area contributed by atoms with Crippen molar-refractivity contribution in [1.82, 2.24) is 0 Å². The number of ketones is 1. The molecule has 0 saturated heterocycles. The van der Waals surface area contributed by atoms with Gasteiger partial charge in [0.2, 0.25) is 0 Å². The summed E-state index contributed by atoms with van der Waals surface area (Å²) in [5, 5.41) is 0. The Bertz CT molecular complexity index is 674. The first-order valence-corrected chi connectivity index (χ1v) is 7.71. The maximum absolute atomic E-state index is 13.8. The van der Waals surface area contributed by atoms with Crippen molar-refractivity contribution in [2.75, 3.05) is 0 Å². The molecule has 0 aliphatic carbocycles. The predicted octanol–water partition coefficient (Wildman–Crippen LogP) is 5.33. The van der Waals surface area contributed by atoms with Gasteiger partial charge in [-0.05, 0) is 68.9 Å². The van der Waals surface area contributed by atoms with Gasteiger partial charge < -0.3 is 0 Å². The highest BCUT2D eigenvalue weighted by atomic mass is 127. The van der Waals surface area contributed by atoms with E-state index in [1.165, 1.54) is 0 Å². The summed E-state index contributed by atoms with van der Waals surface area (Å²) < 4.78 is 28.6. The van der Waals surface area contributed by atoms with Gasteiger partial charge in [-0.1, -0.05) is 15.9 Å². The van der Waals surface area contributed by atoms with Crippen LogP contribution in [-0.4, -0.2) is 5.78 Å². The Balaban J connectivity index is 2.56. The third kappa shape index (κ3) is 3.22. The molecule has 1 nitrogen and oxygen atoms in total. The summed E-state index contributed by atoms with van der Waals surface area (Å²) >= 11 is 8.16. The highest BCUT2D eigenvalue weighted by molar-refractivity contribution is 14.1. The second kappa shape index (κ2) is 5.97. The van der Waals surface area contributed by atoms with E-state index in [0.29, 0.717) is 10.0 Å². The van der Waals surface area contributed by atoms with Gasteiger partial charge in [0.25, 0.3) is 0 Å². The van der Waals surface area contributed by atoms with Crippen molar-refractivity contribution in [3.05, 3.63) is 65.6 Å². The smallest absolute Gasteiger partial charge is 0.197 e. The molecule has 0 N–H and O–H groups in total. The van der Waals surface area contributed by atoms with Crippen molar-refractivity contribution >= 4 is 60.2 Å². The standard InChI is InChI=1S/C13H5Br2F2IO/c14-9-2-1-6(18)3-7(9)13(19)8-4-12(17)10(15)5-11(8)16/h1-5H. The maximum Gasteiger partial charge on any atom is 0.197 e. The molecule has 0 unspecified atom stereocenters. The Hall–Kier alpha value is -0.340. The molecule has 0 amide bonds. The fourth-order valence-corrected chi connectivity index (χ4v) is 2.75. The number of carbonyl (C=O) groups is 1. The van der Waals surface area contributed by atoms with Crippen molar-refractivity contribution in [2.45, 2.75) is 0 Å². The van der Waals surface area contributed by atoms with Gasteiger partial charge in [0.05, 0.1) is 10.0 Å². The fraction of sp³-hybridized carbons (Fsp3) is 0. The molecule has 0 aliphatic rings. The lowest BCUT2D eigenvalue weighted by Crippen LogP contribution is -2.06. The maximum atomic E-state index is 13.8. The van der Waals surface area contributed by atoms with Crippen LogP contribution in [0.25, 0.3) is 0 Å². The minimum atomic E-state index is -0.760. The minimum absolute atomic E-state index is 0.0109. The second-order valence-corrected chi connectivity index (χ2v) is 6.65. The quantitative estimate of drug-likeness (QED) is 0.309. The van der Waals surface area contributed by atoms with Gasteiger partial charge in [0.1, 0.15) is 11.6 Å². The zero-order chi connectivity index (χ0) is 14.2. The van der Waals surface area contributed by atoms with Gasteiger partial charge in [-0.15, -0.1) is 0 Å². The molecule has 0 aromatic heterocycles. The first-order valence-electron chi connectivity index (χ1n) is 5.04. The summed E-state index contributed by atoms with van der Waals surface area (Å²) in [5.74, 6) is -2.00. The summed E-state index contributed by atoms with van der Waals surface area (Å²) in [6.07, 6.45) is 0. The fourth-order valence-electron chi connectivity index (χ4n) is 1.51. The van der Waals surface area contributed by atoms with Gasteiger partial charge in [0.15, 0.2) is 5.78 Å². The van der Waals surface area contributed by atoms with E-state index >= 15 is 0 Å². The van der Waals surface area contributed by atoms with E-state index in [1.54, 1.807) is 18.2 Å². The van der Waals surface area contributed by atoms with Gasteiger partial charge in [-0.2, -0.15) is 0 Å². The van der Waals surface area contributed by atoms with Gasteiger partial charge in [-0.25, -0.2) is 8.78 Å². The molecule has 98 valence electrons. The lowest BCUT2D eigenvalue weighted by atomic mass is 10.0. The van der Waals surface area contributed by atoms with Gasteiger partial charge in [0, 0.05) is 13.6 Å². The number of hydrogen-bond donors (Lipinski definition) is 0. The van der Waals surface area contributed by atoms with E-state index in [4.69, 9.17) is 0 Å². The first-order chi connectivity index (χ1) is 8.90. The Kier molecular flexibility index (Phi) is 4.73. The Morgan fingerprint density at radius 2 is 1.63 bits per heavy atom. The molecule has 0 bridgehead atoms. The lowest BCUT2D eigenvalue weighted by molar-refractivity contribution is 0.103. The van der Waals surface area contributed by atoms with E-state index in [1.807, 2.05) is 22.6 Å². The summed E-state index contributed by atoms with van der Waals surface area (Å²) in [5.41, 5.74) is 0.0101. The molecule has 19 heavy (non-hydrogen) atoms. The number of benzene rings is 2. The summed E-state index contributed by atoms with van der Waals surface area (Å²) in [6, 6.07) is 6.97. The lowest BCUT2D eigenvalue weighted by Gasteiger charge is -2.07. The Labute approximate surface area is 138 Å². The average Bonchev–Trinajstić information content (AvgIpc) is 2.36. The normalized spacial score (nSPS) is 10.6. The SMILES string of the molecule is O=C(c1cc(F)c(Br)cc1F)c1cc(I)ccc1Br. The minimum Gasteiger partial charge on any atom is -0.288 e. The molecule has 0 radical (unpaired) electrons. The molecule has 0 saturated carbocycles. The molecule has 0 fully saturated rings. The highest BCUT2D eigenvalue weighted by Gasteiger charge is 2.19. The third-order valence-electron chi connectivity index (χ3n) is 2.43. The molecule has 2 aromatic rings. The highest BCUT2D eigenvalue weighted by Crippen LogP contribution is 2.26. The molecule has 6 heteroatoms. The molecule has 0 spiro atoms. The van der Waals surface area contributed by atoms with Crippen LogP contribution in [0.4, 0.5) is 8.78 Å². The zero-order valence-corrected chi connectivity index (χ0v) is 14.5. The van der Waals surface area contributed by atoms with Crippen LogP contribution in [0.15, 0.2) is 39.3 Å². The van der Waals surface area contributed by atoms with Crippen LogP contribution in [0.3, 0.4) is 0 Å². The first kappa shape index (κ1) is 15.1. The number of rotatable bonds is 2. The summed E-state index contributed by atoms with van der Waals surface area (Å²) in [7, 11) is 0. The molecule has 2 rings (SSSR count). The van der Waals surface area contributed by atoms with Crippen molar-refractivity contribution in [3.8, 4) is 0 Å². The van der Waals surface area contributed by atoms with E-state index in [2.05, 4.69) is 31.9 Å². The Morgan fingerprint density at radius 3 is 2.32 bits per heavy atom. The van der Waals surface area contributed by atoms with E-state index < -0.39 is 17.4 Å². The largest absolute Gasteiger partial charge is 0.288 e.